The smallest absolute Gasteiger partial charge is 0.286 e. The van der Waals surface area contributed by atoms with Crippen molar-refractivity contribution < 1.29 is 4.53 Å². The summed E-state index contributed by atoms with van der Waals surface area (Å²) in [6, 6.07) is 8.47. The van der Waals surface area contributed by atoms with Crippen molar-refractivity contribution in [2.24, 2.45) is 5.16 Å². The molecule has 0 bridgehead atoms. The minimum Gasteiger partial charge on any atom is -0.455 e. The van der Waals surface area contributed by atoms with Crippen LogP contribution in [-0.4, -0.2) is 14.0 Å². The zero-order valence-corrected chi connectivity index (χ0v) is 14.4. The van der Waals surface area contributed by atoms with Crippen molar-refractivity contribution in [2.45, 2.75) is 59.2 Å². The number of hydrogen-bond donors (Lipinski definition) is 0. The van der Waals surface area contributed by atoms with E-state index in [9.17, 15) is 0 Å². The van der Waals surface area contributed by atoms with Crippen LogP contribution < -0.4 is 0 Å². The number of rotatable bonds is 4. The monoisotopic (exact) mass is 277 g/mol. The van der Waals surface area contributed by atoms with Crippen LogP contribution in [0.25, 0.3) is 0 Å². The van der Waals surface area contributed by atoms with Gasteiger partial charge in [-0.1, -0.05) is 57.5 Å². The van der Waals surface area contributed by atoms with Gasteiger partial charge < -0.3 is 4.53 Å². The van der Waals surface area contributed by atoms with Crippen molar-refractivity contribution >= 4 is 14.0 Å². The summed E-state index contributed by atoms with van der Waals surface area (Å²) in [4.78, 5) is 0. The van der Waals surface area contributed by atoms with E-state index in [2.05, 4.69) is 77.1 Å². The molecule has 1 aromatic carbocycles. The topological polar surface area (TPSA) is 21.6 Å². The lowest BCUT2D eigenvalue weighted by molar-refractivity contribution is 0.307. The zero-order chi connectivity index (χ0) is 14.7. The number of aryl methyl sites for hydroxylation is 1. The summed E-state index contributed by atoms with van der Waals surface area (Å²) in [5, 5.41) is 4.64. The van der Waals surface area contributed by atoms with Crippen LogP contribution in [0.1, 0.15) is 45.2 Å². The minimum atomic E-state index is -1.82. The summed E-state index contributed by atoms with van der Waals surface area (Å²) in [6.07, 6.45) is 0.887. The van der Waals surface area contributed by atoms with Gasteiger partial charge in [-0.15, -0.1) is 5.16 Å². The van der Waals surface area contributed by atoms with E-state index in [-0.39, 0.29) is 5.04 Å². The van der Waals surface area contributed by atoms with Crippen LogP contribution in [-0.2, 0) is 4.53 Å². The van der Waals surface area contributed by atoms with E-state index >= 15 is 0 Å². The first kappa shape index (κ1) is 16.0. The average Bonchev–Trinajstić information content (AvgIpc) is 2.30. The van der Waals surface area contributed by atoms with Crippen LogP contribution in [0.15, 0.2) is 29.4 Å². The molecule has 0 atom stereocenters. The van der Waals surface area contributed by atoms with Gasteiger partial charge in [-0.05, 0) is 37.0 Å². The highest BCUT2D eigenvalue weighted by atomic mass is 28.4. The van der Waals surface area contributed by atoms with E-state index in [0.717, 1.165) is 17.7 Å². The number of hydrogen-bond acceptors (Lipinski definition) is 2. The summed E-state index contributed by atoms with van der Waals surface area (Å²) in [7, 11) is -1.82. The molecule has 0 spiro atoms. The highest BCUT2D eigenvalue weighted by Crippen LogP contribution is 2.36. The fourth-order valence-corrected chi connectivity index (χ4v) is 1.99. The third kappa shape index (κ3) is 4.20. The fraction of sp³-hybridized carbons (Fsp3) is 0.562. The summed E-state index contributed by atoms with van der Waals surface area (Å²) >= 11 is 0. The van der Waals surface area contributed by atoms with Crippen molar-refractivity contribution in [1.29, 1.82) is 0 Å². The van der Waals surface area contributed by atoms with E-state index in [0.29, 0.717) is 0 Å². The Bertz CT molecular complexity index is 441. The predicted octanol–water partition coefficient (Wildman–Crippen LogP) is 5.13. The molecular formula is C16H27NOSi. The predicted molar refractivity (Wildman–Crippen MR) is 86.3 cm³/mol. The Morgan fingerprint density at radius 3 is 2.11 bits per heavy atom. The first-order chi connectivity index (χ1) is 8.67. The Morgan fingerprint density at radius 2 is 1.68 bits per heavy atom. The highest BCUT2D eigenvalue weighted by Gasteiger charge is 2.39. The molecular weight excluding hydrogens is 250 g/mol. The van der Waals surface area contributed by atoms with Crippen molar-refractivity contribution in [2.75, 3.05) is 0 Å². The molecule has 0 radical (unpaired) electrons. The molecule has 0 fully saturated rings. The van der Waals surface area contributed by atoms with Gasteiger partial charge in [-0.2, -0.15) is 0 Å². The summed E-state index contributed by atoms with van der Waals surface area (Å²) in [6.45, 7) is 15.3. The first-order valence-corrected chi connectivity index (χ1v) is 9.90. The van der Waals surface area contributed by atoms with E-state index < -0.39 is 8.32 Å². The molecule has 0 aliphatic carbocycles. The SMILES string of the molecule is CC/C(=N\O[Si](C)(C)C(C)(C)C)c1ccc(C)cc1. The Morgan fingerprint density at radius 1 is 1.16 bits per heavy atom. The molecule has 0 aliphatic rings. The van der Waals surface area contributed by atoms with E-state index in [1.807, 2.05) is 0 Å². The molecule has 0 heterocycles. The third-order valence-corrected chi connectivity index (χ3v) is 8.07. The lowest BCUT2D eigenvalue weighted by atomic mass is 10.1. The van der Waals surface area contributed by atoms with Gasteiger partial charge in [0, 0.05) is 0 Å². The molecule has 0 aliphatic heterocycles. The average molecular weight is 277 g/mol. The van der Waals surface area contributed by atoms with Gasteiger partial charge in [0.2, 0.25) is 0 Å². The van der Waals surface area contributed by atoms with Crippen LogP contribution >= 0.6 is 0 Å². The second-order valence-corrected chi connectivity index (χ2v) is 11.3. The number of oxime groups is 1. The van der Waals surface area contributed by atoms with Gasteiger partial charge in [-0.25, -0.2) is 0 Å². The van der Waals surface area contributed by atoms with Crippen molar-refractivity contribution in [3.8, 4) is 0 Å². The molecule has 1 aromatic rings. The number of benzene rings is 1. The van der Waals surface area contributed by atoms with E-state index in [4.69, 9.17) is 4.53 Å². The fourth-order valence-electron chi connectivity index (χ4n) is 1.37. The van der Waals surface area contributed by atoms with E-state index in [1.165, 1.54) is 5.56 Å². The Labute approximate surface area is 119 Å². The minimum absolute atomic E-state index is 0.183. The van der Waals surface area contributed by atoms with Gasteiger partial charge in [0.25, 0.3) is 8.32 Å². The third-order valence-electron chi connectivity index (χ3n) is 3.91. The largest absolute Gasteiger partial charge is 0.455 e. The molecule has 19 heavy (non-hydrogen) atoms. The van der Waals surface area contributed by atoms with Crippen LogP contribution in [0.3, 0.4) is 0 Å². The molecule has 0 N–H and O–H groups in total. The second-order valence-electron chi connectivity index (χ2n) is 6.61. The van der Waals surface area contributed by atoms with Gasteiger partial charge in [0.05, 0.1) is 5.71 Å². The molecule has 0 saturated carbocycles. The zero-order valence-electron chi connectivity index (χ0n) is 13.4. The lowest BCUT2D eigenvalue weighted by Gasteiger charge is -2.33. The highest BCUT2D eigenvalue weighted by molar-refractivity contribution is 6.74. The lowest BCUT2D eigenvalue weighted by Crippen LogP contribution is -2.39. The quantitative estimate of drug-likeness (QED) is 0.424. The number of nitrogens with zero attached hydrogens (tertiary/aromatic N) is 1. The molecule has 0 amide bonds. The van der Waals surface area contributed by atoms with Gasteiger partial charge in [0.1, 0.15) is 0 Å². The van der Waals surface area contributed by atoms with Crippen LogP contribution in [0.2, 0.25) is 18.1 Å². The van der Waals surface area contributed by atoms with E-state index in [1.54, 1.807) is 0 Å². The molecule has 3 heteroatoms. The summed E-state index contributed by atoms with van der Waals surface area (Å²) < 4.78 is 5.96. The van der Waals surface area contributed by atoms with Crippen molar-refractivity contribution in [1.82, 2.24) is 0 Å². The Hall–Kier alpha value is -1.09. The molecule has 0 aromatic heterocycles. The second kappa shape index (κ2) is 5.91. The standard InChI is InChI=1S/C16H27NOSi/c1-8-15(14-11-9-13(2)10-12-14)17-18-19(6,7)16(3,4)5/h9-12H,8H2,1-7H3/b17-15+. The normalized spacial score (nSPS) is 13.5. The molecule has 2 nitrogen and oxygen atoms in total. The van der Waals surface area contributed by atoms with Gasteiger partial charge in [0.15, 0.2) is 0 Å². The van der Waals surface area contributed by atoms with Gasteiger partial charge >= 0.3 is 0 Å². The van der Waals surface area contributed by atoms with Crippen molar-refractivity contribution in [3.05, 3.63) is 35.4 Å². The molecule has 0 saturated heterocycles. The molecule has 0 unspecified atom stereocenters. The molecule has 1 rings (SSSR count). The maximum Gasteiger partial charge on any atom is 0.286 e. The van der Waals surface area contributed by atoms with Crippen molar-refractivity contribution in [3.63, 3.8) is 0 Å². The van der Waals surface area contributed by atoms with Crippen LogP contribution in [0, 0.1) is 6.92 Å². The Kier molecular flexibility index (Phi) is 4.96. The maximum atomic E-state index is 5.96. The first-order valence-electron chi connectivity index (χ1n) is 6.99. The van der Waals surface area contributed by atoms with Gasteiger partial charge in [-0.3, -0.25) is 0 Å². The van der Waals surface area contributed by atoms with Crippen LogP contribution in [0.4, 0.5) is 0 Å². The summed E-state index contributed by atoms with van der Waals surface area (Å²) in [5.41, 5.74) is 3.46. The van der Waals surface area contributed by atoms with Crippen LogP contribution in [0.5, 0.6) is 0 Å². The molecule has 106 valence electrons. The summed E-state index contributed by atoms with van der Waals surface area (Å²) in [5.74, 6) is 0. The Balaban J connectivity index is 2.92. The maximum absolute atomic E-state index is 5.96.